The molecular weight excluding hydrogens is 447 g/mol. The standard InChI is InChI=1S/C24H22N.F6P/c1-18-13-14-23-22(15-18)24(21-11-7-4-8-12-21)19(2)16-25(23)17-20-9-5-3-6-10-20;1-7(2,3,4,5)6/h3-16H,17H2,1-2H3;/q+1;-1. The topological polar surface area (TPSA) is 3.88 Å². The van der Waals surface area contributed by atoms with Gasteiger partial charge in [-0.05, 0) is 25.5 Å². The van der Waals surface area contributed by atoms with Crippen LogP contribution in [0.15, 0.2) is 85.1 Å². The van der Waals surface area contributed by atoms with Crippen molar-refractivity contribution < 1.29 is 29.7 Å². The molecule has 1 heterocycles. The molecule has 0 saturated heterocycles. The molecule has 0 unspecified atom stereocenters. The van der Waals surface area contributed by atoms with Crippen LogP contribution in [0.5, 0.6) is 0 Å². The molecular formula is C24H22F6NP. The van der Waals surface area contributed by atoms with E-state index in [-0.39, 0.29) is 0 Å². The molecule has 1 nitrogen and oxygen atoms in total. The molecule has 32 heavy (non-hydrogen) atoms. The number of benzene rings is 3. The van der Waals surface area contributed by atoms with Crippen molar-refractivity contribution in [2.45, 2.75) is 20.4 Å². The van der Waals surface area contributed by atoms with Gasteiger partial charge in [-0.2, -0.15) is 4.57 Å². The van der Waals surface area contributed by atoms with Crippen LogP contribution in [0.1, 0.15) is 16.7 Å². The normalized spacial score (nSPS) is 13.6. The zero-order chi connectivity index (χ0) is 23.6. The van der Waals surface area contributed by atoms with Gasteiger partial charge in [0.2, 0.25) is 5.52 Å². The summed E-state index contributed by atoms with van der Waals surface area (Å²) in [7, 11) is -10.7. The molecule has 0 fully saturated rings. The Hall–Kier alpha value is -2.92. The summed E-state index contributed by atoms with van der Waals surface area (Å²) in [6.07, 6.45) is 2.28. The van der Waals surface area contributed by atoms with E-state index >= 15 is 0 Å². The number of rotatable bonds is 3. The Kier molecular flexibility index (Phi) is 5.85. The number of halogens is 6. The Morgan fingerprint density at radius 1 is 0.719 bits per heavy atom. The average molecular weight is 469 g/mol. The van der Waals surface area contributed by atoms with Gasteiger partial charge in [0.1, 0.15) is 0 Å². The predicted molar refractivity (Wildman–Crippen MR) is 118 cm³/mol. The maximum absolute atomic E-state index is 10.7. The van der Waals surface area contributed by atoms with E-state index in [4.69, 9.17) is 0 Å². The van der Waals surface area contributed by atoms with Crippen LogP contribution in [0.3, 0.4) is 0 Å². The first-order valence-electron chi connectivity index (χ1n) is 9.76. The second-order valence-corrected chi connectivity index (χ2v) is 9.56. The molecule has 0 atom stereocenters. The second kappa shape index (κ2) is 7.89. The Balaban J connectivity index is 0.000000360. The monoisotopic (exact) mass is 469 g/mol. The molecule has 8 heteroatoms. The summed E-state index contributed by atoms with van der Waals surface area (Å²) in [6, 6.07) is 28.1. The van der Waals surface area contributed by atoms with Gasteiger partial charge in [-0.1, -0.05) is 72.3 Å². The first-order valence-corrected chi connectivity index (χ1v) is 11.8. The van der Waals surface area contributed by atoms with E-state index in [2.05, 4.69) is 103 Å². The van der Waals surface area contributed by atoms with Crippen LogP contribution in [0, 0.1) is 13.8 Å². The molecule has 0 N–H and O–H groups in total. The van der Waals surface area contributed by atoms with Gasteiger partial charge in [0, 0.05) is 22.8 Å². The van der Waals surface area contributed by atoms with Gasteiger partial charge in [0.25, 0.3) is 0 Å². The van der Waals surface area contributed by atoms with Gasteiger partial charge >= 0.3 is 33.0 Å². The van der Waals surface area contributed by atoms with Crippen molar-refractivity contribution in [3.63, 3.8) is 0 Å². The van der Waals surface area contributed by atoms with Crippen molar-refractivity contribution in [3.05, 3.63) is 102 Å². The Bertz CT molecular complexity index is 1230. The molecule has 4 rings (SSSR count). The van der Waals surface area contributed by atoms with Crippen LogP contribution < -0.4 is 4.57 Å². The van der Waals surface area contributed by atoms with Crippen molar-refractivity contribution in [1.82, 2.24) is 0 Å². The zero-order valence-electron chi connectivity index (χ0n) is 17.5. The van der Waals surface area contributed by atoms with Crippen molar-refractivity contribution in [1.29, 1.82) is 0 Å². The third-order valence-corrected chi connectivity index (χ3v) is 4.73. The third-order valence-electron chi connectivity index (χ3n) is 4.73. The number of aromatic nitrogens is 1. The summed E-state index contributed by atoms with van der Waals surface area (Å²) in [5.41, 5.74) is 7.81. The number of nitrogens with zero attached hydrogens (tertiary/aromatic N) is 1. The van der Waals surface area contributed by atoms with Crippen molar-refractivity contribution >= 4 is 18.7 Å². The minimum atomic E-state index is -10.7. The molecule has 170 valence electrons. The molecule has 0 saturated carbocycles. The summed E-state index contributed by atoms with van der Waals surface area (Å²) in [6.45, 7) is 5.26. The fourth-order valence-electron chi connectivity index (χ4n) is 3.58. The van der Waals surface area contributed by atoms with Crippen LogP contribution in [-0.4, -0.2) is 0 Å². The van der Waals surface area contributed by atoms with Crippen LogP contribution in [-0.2, 0) is 6.54 Å². The fraction of sp³-hybridized carbons (Fsp3) is 0.125. The summed E-state index contributed by atoms with van der Waals surface area (Å²) in [4.78, 5) is 0. The van der Waals surface area contributed by atoms with Crippen LogP contribution in [0.25, 0.3) is 22.0 Å². The molecule has 1 aromatic heterocycles. The first kappa shape index (κ1) is 23.7. The fourth-order valence-corrected chi connectivity index (χ4v) is 3.58. The molecule has 0 aliphatic rings. The van der Waals surface area contributed by atoms with Crippen molar-refractivity contribution in [3.8, 4) is 11.1 Å². The van der Waals surface area contributed by atoms with E-state index in [9.17, 15) is 25.2 Å². The molecule has 0 aliphatic heterocycles. The summed E-state index contributed by atoms with van der Waals surface area (Å²) < 4.78 is 61.6. The maximum atomic E-state index is 9.87. The average Bonchev–Trinajstić information content (AvgIpc) is 2.67. The number of hydrogen-bond donors (Lipinski definition) is 0. The number of pyridine rings is 1. The van der Waals surface area contributed by atoms with E-state index in [1.807, 2.05) is 0 Å². The number of fused-ring (bicyclic) bond motifs is 1. The van der Waals surface area contributed by atoms with Crippen LogP contribution >= 0.6 is 7.81 Å². The Morgan fingerprint density at radius 3 is 1.81 bits per heavy atom. The molecule has 4 aromatic rings. The molecule has 0 radical (unpaired) electrons. The van der Waals surface area contributed by atoms with Gasteiger partial charge in [-0.25, -0.2) is 0 Å². The van der Waals surface area contributed by atoms with Crippen LogP contribution in [0.2, 0.25) is 0 Å². The van der Waals surface area contributed by atoms with E-state index in [1.165, 1.54) is 38.7 Å². The molecule has 0 amide bonds. The van der Waals surface area contributed by atoms with E-state index in [1.54, 1.807) is 0 Å². The van der Waals surface area contributed by atoms with E-state index in [0.717, 1.165) is 6.54 Å². The third kappa shape index (κ3) is 7.34. The summed E-state index contributed by atoms with van der Waals surface area (Å²) in [5, 5.41) is 1.32. The summed E-state index contributed by atoms with van der Waals surface area (Å²) in [5.74, 6) is 0. The predicted octanol–water partition coefficient (Wildman–Crippen LogP) is 8.84. The SMILES string of the molecule is Cc1ccc2c(c1)c(-c1ccccc1)c(C)c[n+]2Cc1ccccc1.F[P-](F)(F)(F)(F)F. The quantitative estimate of drug-likeness (QED) is 0.160. The van der Waals surface area contributed by atoms with Gasteiger partial charge in [-0.15, -0.1) is 0 Å². The minimum absolute atomic E-state index is 0.885. The molecule has 0 spiro atoms. The van der Waals surface area contributed by atoms with Gasteiger partial charge < -0.3 is 0 Å². The number of hydrogen-bond acceptors (Lipinski definition) is 0. The van der Waals surface area contributed by atoms with E-state index < -0.39 is 7.81 Å². The van der Waals surface area contributed by atoms with Gasteiger partial charge in [0.05, 0.1) is 5.39 Å². The Labute approximate surface area is 182 Å². The zero-order valence-corrected chi connectivity index (χ0v) is 18.3. The Morgan fingerprint density at radius 2 is 1.25 bits per heavy atom. The molecule has 0 aliphatic carbocycles. The molecule has 0 bridgehead atoms. The van der Waals surface area contributed by atoms with E-state index in [0.29, 0.717) is 0 Å². The molecule has 3 aromatic carbocycles. The van der Waals surface area contributed by atoms with Crippen molar-refractivity contribution in [2.24, 2.45) is 0 Å². The number of aryl methyl sites for hydroxylation is 2. The first-order chi connectivity index (χ1) is 14.7. The van der Waals surface area contributed by atoms with Crippen molar-refractivity contribution in [2.75, 3.05) is 0 Å². The second-order valence-electron chi connectivity index (χ2n) is 7.65. The van der Waals surface area contributed by atoms with Gasteiger partial charge in [-0.3, -0.25) is 0 Å². The van der Waals surface area contributed by atoms with Crippen LogP contribution in [0.4, 0.5) is 25.2 Å². The van der Waals surface area contributed by atoms with Gasteiger partial charge in [0.15, 0.2) is 12.7 Å². The summed E-state index contributed by atoms with van der Waals surface area (Å²) >= 11 is 0.